The van der Waals surface area contributed by atoms with Crippen molar-refractivity contribution in [2.45, 2.75) is 29.7 Å². The van der Waals surface area contributed by atoms with Crippen LogP contribution in [0.1, 0.15) is 16.8 Å². The third-order valence-corrected chi connectivity index (χ3v) is 6.33. The number of hydrogen-bond donors (Lipinski definition) is 1. The summed E-state index contributed by atoms with van der Waals surface area (Å²) < 4.78 is 2.29. The molecule has 0 bridgehead atoms. The molecule has 1 heterocycles. The first-order valence-electron chi connectivity index (χ1n) is 9.32. The number of hydrogen-bond acceptors (Lipinski definition) is 2. The van der Waals surface area contributed by atoms with Crippen LogP contribution >= 0.6 is 23.4 Å². The summed E-state index contributed by atoms with van der Waals surface area (Å²) >= 11 is 7.97. The molecule has 0 aliphatic rings. The molecule has 3 nitrogen and oxygen atoms in total. The van der Waals surface area contributed by atoms with Crippen molar-refractivity contribution < 1.29 is 9.90 Å². The zero-order chi connectivity index (χ0) is 20.4. The van der Waals surface area contributed by atoms with Gasteiger partial charge in [0.2, 0.25) is 0 Å². The average Bonchev–Trinajstić information content (AvgIpc) is 2.94. The highest BCUT2D eigenvalue weighted by Gasteiger charge is 2.16. The van der Waals surface area contributed by atoms with Crippen LogP contribution in [0.2, 0.25) is 5.02 Å². The van der Waals surface area contributed by atoms with E-state index in [4.69, 9.17) is 16.7 Å². The Morgan fingerprint density at radius 2 is 1.76 bits per heavy atom. The van der Waals surface area contributed by atoms with E-state index in [1.807, 2.05) is 54.6 Å². The van der Waals surface area contributed by atoms with Gasteiger partial charge in [-0.1, -0.05) is 71.9 Å². The first kappa shape index (κ1) is 19.6. The van der Waals surface area contributed by atoms with Gasteiger partial charge in [-0.2, -0.15) is 0 Å². The molecule has 0 atom stereocenters. The van der Waals surface area contributed by atoms with Gasteiger partial charge in [0, 0.05) is 32.4 Å². The molecule has 0 amide bonds. The minimum atomic E-state index is -0.822. The Kier molecular flexibility index (Phi) is 5.65. The Bertz CT molecular complexity index is 1180. The smallest absolute Gasteiger partial charge is 0.307 e. The van der Waals surface area contributed by atoms with Gasteiger partial charge in [0.15, 0.2) is 0 Å². The quantitative estimate of drug-likeness (QED) is 0.390. The maximum absolute atomic E-state index is 11.1. The van der Waals surface area contributed by atoms with E-state index >= 15 is 0 Å². The van der Waals surface area contributed by atoms with Crippen LogP contribution in [0.4, 0.5) is 0 Å². The van der Waals surface area contributed by atoms with Crippen LogP contribution < -0.4 is 0 Å². The van der Waals surface area contributed by atoms with E-state index in [-0.39, 0.29) is 6.42 Å². The van der Waals surface area contributed by atoms with Crippen LogP contribution in [0.5, 0.6) is 0 Å². The van der Waals surface area contributed by atoms with Crippen molar-refractivity contribution in [2.75, 3.05) is 0 Å². The molecule has 0 unspecified atom stereocenters. The van der Waals surface area contributed by atoms with Gasteiger partial charge < -0.3 is 9.67 Å². The van der Waals surface area contributed by atoms with Gasteiger partial charge >= 0.3 is 5.97 Å². The van der Waals surface area contributed by atoms with Crippen LogP contribution in [-0.2, 0) is 17.8 Å². The molecule has 0 saturated carbocycles. The zero-order valence-electron chi connectivity index (χ0n) is 15.9. The number of halogens is 1. The molecule has 146 valence electrons. The minimum Gasteiger partial charge on any atom is -0.481 e. The Labute approximate surface area is 178 Å². The molecular formula is C24H20ClNO2S. The van der Waals surface area contributed by atoms with Crippen molar-refractivity contribution in [1.29, 1.82) is 0 Å². The van der Waals surface area contributed by atoms with E-state index in [2.05, 4.69) is 29.7 Å². The molecule has 0 spiro atoms. The lowest BCUT2D eigenvalue weighted by atomic mass is 10.2. The second-order valence-corrected chi connectivity index (χ2v) is 8.49. The van der Waals surface area contributed by atoms with Crippen molar-refractivity contribution in [3.05, 3.63) is 94.6 Å². The summed E-state index contributed by atoms with van der Waals surface area (Å²) in [5.41, 5.74) is 4.30. The molecule has 0 saturated heterocycles. The summed E-state index contributed by atoms with van der Waals surface area (Å²) in [6, 6.07) is 24.1. The summed E-state index contributed by atoms with van der Waals surface area (Å²) in [4.78, 5) is 13.2. The maximum Gasteiger partial charge on any atom is 0.307 e. The number of benzene rings is 3. The van der Waals surface area contributed by atoms with Gasteiger partial charge in [-0.05, 0) is 42.3 Å². The predicted molar refractivity (Wildman–Crippen MR) is 119 cm³/mol. The number of aromatic nitrogens is 1. The number of aliphatic carboxylic acids is 1. The van der Waals surface area contributed by atoms with E-state index in [1.165, 1.54) is 16.2 Å². The fraction of sp³-hybridized carbons (Fsp3) is 0.125. The molecule has 4 aromatic rings. The highest BCUT2D eigenvalue weighted by molar-refractivity contribution is 7.99. The van der Waals surface area contributed by atoms with Gasteiger partial charge in [0.1, 0.15) is 0 Å². The van der Waals surface area contributed by atoms with Gasteiger partial charge in [-0.3, -0.25) is 4.79 Å². The van der Waals surface area contributed by atoms with Crippen LogP contribution in [-0.4, -0.2) is 15.6 Å². The van der Waals surface area contributed by atoms with Gasteiger partial charge in [-0.15, -0.1) is 0 Å². The summed E-state index contributed by atoms with van der Waals surface area (Å²) in [6.45, 7) is 2.89. The Morgan fingerprint density at radius 3 is 2.52 bits per heavy atom. The summed E-state index contributed by atoms with van der Waals surface area (Å²) in [5, 5.41) is 10.9. The largest absolute Gasteiger partial charge is 0.481 e. The lowest BCUT2D eigenvalue weighted by molar-refractivity contribution is -0.136. The van der Waals surface area contributed by atoms with Crippen molar-refractivity contribution in [2.24, 2.45) is 0 Å². The maximum atomic E-state index is 11.1. The van der Waals surface area contributed by atoms with Crippen molar-refractivity contribution in [3.63, 3.8) is 0 Å². The molecule has 5 heteroatoms. The van der Waals surface area contributed by atoms with E-state index < -0.39 is 5.97 Å². The molecule has 29 heavy (non-hydrogen) atoms. The fourth-order valence-corrected chi connectivity index (χ4v) is 4.83. The fourth-order valence-electron chi connectivity index (χ4n) is 3.53. The molecule has 0 aliphatic heterocycles. The van der Waals surface area contributed by atoms with Gasteiger partial charge in [0.25, 0.3) is 0 Å². The molecule has 1 N–H and O–H groups in total. The third kappa shape index (κ3) is 4.34. The van der Waals surface area contributed by atoms with E-state index in [0.717, 1.165) is 27.9 Å². The number of carboxylic acid groups (broad SMARTS) is 1. The summed E-state index contributed by atoms with van der Waals surface area (Å²) in [5.74, 6) is -0.822. The van der Waals surface area contributed by atoms with Gasteiger partial charge in [0.05, 0.1) is 11.9 Å². The van der Waals surface area contributed by atoms with Crippen molar-refractivity contribution >= 4 is 40.2 Å². The second kappa shape index (κ2) is 8.36. The van der Waals surface area contributed by atoms with Gasteiger partial charge in [-0.25, -0.2) is 0 Å². The number of rotatable bonds is 6. The third-order valence-electron chi connectivity index (χ3n) is 4.89. The monoisotopic (exact) mass is 421 g/mol. The zero-order valence-corrected chi connectivity index (χ0v) is 17.5. The summed E-state index contributed by atoms with van der Waals surface area (Å²) in [6.07, 6.45) is 0.0265. The molecule has 0 fully saturated rings. The van der Waals surface area contributed by atoms with Crippen LogP contribution in [0, 0.1) is 6.92 Å². The van der Waals surface area contributed by atoms with E-state index in [1.54, 1.807) is 11.8 Å². The molecule has 0 aliphatic carbocycles. The lowest BCUT2D eigenvalue weighted by Gasteiger charge is -2.09. The number of fused-ring (bicyclic) bond motifs is 1. The first-order valence-corrected chi connectivity index (χ1v) is 10.5. The molecule has 1 aromatic heterocycles. The number of nitrogens with zero attached hydrogens (tertiary/aromatic N) is 1. The first-order chi connectivity index (χ1) is 14.0. The molecule has 4 rings (SSSR count). The molecular weight excluding hydrogens is 402 g/mol. The topological polar surface area (TPSA) is 42.2 Å². The normalized spacial score (nSPS) is 11.1. The van der Waals surface area contributed by atoms with Crippen molar-refractivity contribution in [1.82, 2.24) is 4.57 Å². The van der Waals surface area contributed by atoms with E-state index in [9.17, 15) is 4.79 Å². The highest BCUT2D eigenvalue weighted by Crippen LogP contribution is 2.39. The number of carboxylic acids is 1. The van der Waals surface area contributed by atoms with Crippen LogP contribution in [0.3, 0.4) is 0 Å². The Hall–Kier alpha value is -2.69. The standard InChI is InChI=1S/C24H20ClNO2S/c1-16-24(29-20-9-5-8-18(12-20)13-23(27)28)21-11-10-19(25)14-22(21)26(16)15-17-6-3-2-4-7-17/h2-12,14H,13,15H2,1H3,(H,27,28). The lowest BCUT2D eigenvalue weighted by Crippen LogP contribution is -2.01. The predicted octanol–water partition coefficient (Wildman–Crippen LogP) is 6.43. The SMILES string of the molecule is Cc1c(Sc2cccc(CC(=O)O)c2)c2ccc(Cl)cc2n1Cc1ccccc1. The minimum absolute atomic E-state index is 0.0265. The van der Waals surface area contributed by atoms with Crippen LogP contribution in [0.15, 0.2) is 82.6 Å². The van der Waals surface area contributed by atoms with Crippen molar-refractivity contribution in [3.8, 4) is 0 Å². The Balaban J connectivity index is 1.77. The highest BCUT2D eigenvalue weighted by atomic mass is 35.5. The van der Waals surface area contributed by atoms with E-state index in [0.29, 0.717) is 5.02 Å². The average molecular weight is 422 g/mol. The second-order valence-electron chi connectivity index (χ2n) is 6.97. The molecule has 3 aromatic carbocycles. The summed E-state index contributed by atoms with van der Waals surface area (Å²) in [7, 11) is 0. The number of carbonyl (C=O) groups is 1. The Morgan fingerprint density at radius 1 is 1.00 bits per heavy atom. The molecule has 0 radical (unpaired) electrons. The van der Waals surface area contributed by atoms with Crippen LogP contribution in [0.25, 0.3) is 10.9 Å².